The van der Waals surface area contributed by atoms with Gasteiger partial charge in [0.1, 0.15) is 0 Å². The van der Waals surface area contributed by atoms with E-state index >= 15 is 0 Å². The van der Waals surface area contributed by atoms with Crippen molar-refractivity contribution in [2.45, 2.75) is 27.0 Å². The van der Waals surface area contributed by atoms with Gasteiger partial charge in [0.05, 0.1) is 6.61 Å². The van der Waals surface area contributed by atoms with Crippen molar-refractivity contribution >= 4 is 12.1 Å². The van der Waals surface area contributed by atoms with Crippen LogP contribution in [0.2, 0.25) is 0 Å². The van der Waals surface area contributed by atoms with Crippen LogP contribution >= 0.6 is 0 Å². The van der Waals surface area contributed by atoms with Crippen LogP contribution in [0.4, 0.5) is 4.79 Å². The van der Waals surface area contributed by atoms with Crippen LogP contribution in [-0.4, -0.2) is 39.0 Å². The molecule has 0 saturated heterocycles. The highest BCUT2D eigenvalue weighted by molar-refractivity contribution is 5.87. The average molecular weight is 246 g/mol. The average Bonchev–Trinajstić information content (AvgIpc) is 2.18. The van der Waals surface area contributed by atoms with Crippen molar-refractivity contribution in [3.8, 4) is 0 Å². The van der Waals surface area contributed by atoms with Gasteiger partial charge in [-0.2, -0.15) is 0 Å². The molecule has 0 aromatic heterocycles. The van der Waals surface area contributed by atoms with Crippen LogP contribution in [0, 0.1) is 0 Å². The zero-order valence-corrected chi connectivity index (χ0v) is 11.1. The lowest BCUT2D eigenvalue weighted by molar-refractivity contribution is -0.144. The Kier molecular flexibility index (Phi) is 11.5. The molecular formula is C11H22N2O4. The van der Waals surface area contributed by atoms with Crippen LogP contribution in [-0.2, 0) is 14.3 Å². The molecule has 1 unspecified atom stereocenters. The summed E-state index contributed by atoms with van der Waals surface area (Å²) >= 11 is 0. The minimum absolute atomic E-state index is 0.271. The van der Waals surface area contributed by atoms with Crippen molar-refractivity contribution in [2.75, 3.05) is 20.7 Å². The third-order valence-corrected chi connectivity index (χ3v) is 1.23. The molecule has 0 bridgehead atoms. The lowest BCUT2D eigenvalue weighted by Gasteiger charge is -2.14. The molecule has 0 aliphatic heterocycles. The number of hydrogen-bond acceptors (Lipinski definition) is 5. The van der Waals surface area contributed by atoms with Crippen molar-refractivity contribution in [3.63, 3.8) is 0 Å². The number of amides is 1. The molecular weight excluding hydrogens is 224 g/mol. The van der Waals surface area contributed by atoms with E-state index in [1.54, 1.807) is 6.92 Å². The molecule has 1 amide bonds. The molecule has 17 heavy (non-hydrogen) atoms. The molecule has 0 rings (SSSR count). The van der Waals surface area contributed by atoms with Crippen LogP contribution in [0.5, 0.6) is 0 Å². The first-order valence-corrected chi connectivity index (χ1v) is 5.27. The smallest absolute Gasteiger partial charge is 0.409 e. The minimum atomic E-state index is -0.724. The third kappa shape index (κ3) is 12.4. The molecule has 6 nitrogen and oxygen atoms in total. The Morgan fingerprint density at radius 1 is 1.35 bits per heavy atom. The maximum Gasteiger partial charge on any atom is 0.409 e. The summed E-state index contributed by atoms with van der Waals surface area (Å²) in [6.07, 6.45) is -1.34. The molecule has 0 fully saturated rings. The fourth-order valence-electron chi connectivity index (χ4n) is 0.629. The highest BCUT2D eigenvalue weighted by Crippen LogP contribution is 1.96. The van der Waals surface area contributed by atoms with Crippen LogP contribution in [0.1, 0.15) is 20.8 Å². The van der Waals surface area contributed by atoms with Crippen LogP contribution in [0.15, 0.2) is 12.2 Å². The molecule has 6 heteroatoms. The molecule has 0 aromatic rings. The fourth-order valence-corrected chi connectivity index (χ4v) is 0.629. The summed E-state index contributed by atoms with van der Waals surface area (Å²) in [7, 11) is 3.75. The second-order valence-corrected chi connectivity index (χ2v) is 3.19. The van der Waals surface area contributed by atoms with Crippen LogP contribution in [0.25, 0.3) is 0 Å². The summed E-state index contributed by atoms with van der Waals surface area (Å²) in [5.74, 6) is -0.547. The van der Waals surface area contributed by atoms with Crippen molar-refractivity contribution < 1.29 is 19.1 Å². The van der Waals surface area contributed by atoms with Gasteiger partial charge in [-0.15, -0.1) is 0 Å². The van der Waals surface area contributed by atoms with E-state index in [0.717, 1.165) is 0 Å². The molecule has 100 valence electrons. The number of esters is 1. The second-order valence-electron chi connectivity index (χ2n) is 3.19. The Balaban J connectivity index is 0. The Morgan fingerprint density at radius 2 is 1.82 bits per heavy atom. The number of hydrogen-bond donors (Lipinski definition) is 2. The number of carbonyl (C=O) groups is 2. The highest BCUT2D eigenvalue weighted by atomic mass is 16.6. The number of nitrogens with one attached hydrogen (secondary N) is 2. The summed E-state index contributed by atoms with van der Waals surface area (Å²) in [4.78, 5) is 21.8. The maximum absolute atomic E-state index is 11.0. The highest BCUT2D eigenvalue weighted by Gasteiger charge is 2.12. The zero-order chi connectivity index (χ0) is 13.8. The number of carbonyl (C=O) groups excluding carboxylic acids is 2. The normalized spacial score (nSPS) is 10.4. The Labute approximate surface area is 102 Å². The summed E-state index contributed by atoms with van der Waals surface area (Å²) in [5, 5.41) is 5.07. The topological polar surface area (TPSA) is 76.7 Å². The van der Waals surface area contributed by atoms with Gasteiger partial charge in [0, 0.05) is 5.57 Å². The number of alkyl carbamates (subject to hydrolysis) is 1. The Hall–Kier alpha value is -1.56. The monoisotopic (exact) mass is 246 g/mol. The van der Waals surface area contributed by atoms with Gasteiger partial charge >= 0.3 is 12.1 Å². The van der Waals surface area contributed by atoms with Gasteiger partial charge in [0.2, 0.25) is 0 Å². The molecule has 0 saturated carbocycles. The summed E-state index contributed by atoms with van der Waals surface area (Å²) in [5.41, 5.74) is 0.280. The van der Waals surface area contributed by atoms with Gasteiger partial charge in [-0.3, -0.25) is 5.32 Å². The first-order chi connectivity index (χ1) is 7.88. The standard InChI is InChI=1S/C9H15NO4.C2H7N/c1-5-13-9(12)10-7(4)14-8(11)6(2)3;1-3-2/h7H,2,5H2,1,3-4H3,(H,10,12);3H,1-2H3. The minimum Gasteiger partial charge on any atom is -0.450 e. The first-order valence-electron chi connectivity index (χ1n) is 5.27. The molecule has 0 aliphatic carbocycles. The lowest BCUT2D eigenvalue weighted by Crippen LogP contribution is -2.36. The molecule has 2 N–H and O–H groups in total. The zero-order valence-electron chi connectivity index (χ0n) is 11.1. The van der Waals surface area contributed by atoms with Crippen molar-refractivity contribution in [3.05, 3.63) is 12.2 Å². The maximum atomic E-state index is 11.0. The van der Waals surface area contributed by atoms with E-state index in [2.05, 4.69) is 21.9 Å². The van der Waals surface area contributed by atoms with E-state index < -0.39 is 18.3 Å². The van der Waals surface area contributed by atoms with Gasteiger partial charge in [0.15, 0.2) is 6.23 Å². The first kappa shape index (κ1) is 17.8. The second kappa shape index (κ2) is 10.9. The van der Waals surface area contributed by atoms with Crippen LogP contribution in [0.3, 0.4) is 0 Å². The van der Waals surface area contributed by atoms with E-state index in [0.29, 0.717) is 0 Å². The van der Waals surface area contributed by atoms with Crippen molar-refractivity contribution in [2.24, 2.45) is 0 Å². The third-order valence-electron chi connectivity index (χ3n) is 1.23. The molecule has 0 aliphatic rings. The van der Waals surface area contributed by atoms with Gasteiger partial charge in [-0.05, 0) is 34.9 Å². The molecule has 0 radical (unpaired) electrons. The van der Waals surface area contributed by atoms with Crippen LogP contribution < -0.4 is 10.6 Å². The van der Waals surface area contributed by atoms with E-state index in [1.165, 1.54) is 13.8 Å². The molecule has 0 spiro atoms. The summed E-state index contributed by atoms with van der Waals surface area (Å²) in [6, 6.07) is 0. The van der Waals surface area contributed by atoms with E-state index in [-0.39, 0.29) is 12.2 Å². The van der Waals surface area contributed by atoms with Crippen molar-refractivity contribution in [1.82, 2.24) is 10.6 Å². The summed E-state index contributed by atoms with van der Waals surface area (Å²) < 4.78 is 9.37. The SMILES string of the molecule is C=C(C)C(=O)OC(C)NC(=O)OCC.CNC. The predicted molar refractivity (Wildman–Crippen MR) is 65.5 cm³/mol. The van der Waals surface area contributed by atoms with Gasteiger partial charge in [-0.1, -0.05) is 6.58 Å². The molecule has 0 heterocycles. The van der Waals surface area contributed by atoms with Gasteiger partial charge in [0.25, 0.3) is 0 Å². The largest absolute Gasteiger partial charge is 0.450 e. The fraction of sp³-hybridized carbons (Fsp3) is 0.636. The molecule has 0 aromatic carbocycles. The van der Waals surface area contributed by atoms with E-state index in [1.807, 2.05) is 14.1 Å². The Bertz CT molecular complexity index is 254. The molecule has 1 atom stereocenters. The van der Waals surface area contributed by atoms with Gasteiger partial charge in [-0.25, -0.2) is 9.59 Å². The predicted octanol–water partition coefficient (Wildman–Crippen LogP) is 1.03. The quantitative estimate of drug-likeness (QED) is 0.440. The Morgan fingerprint density at radius 3 is 2.18 bits per heavy atom. The van der Waals surface area contributed by atoms with E-state index in [9.17, 15) is 9.59 Å². The number of ether oxygens (including phenoxy) is 2. The number of rotatable bonds is 4. The lowest BCUT2D eigenvalue weighted by atomic mass is 10.4. The van der Waals surface area contributed by atoms with E-state index in [4.69, 9.17) is 4.74 Å². The summed E-state index contributed by atoms with van der Waals surface area (Å²) in [6.45, 7) is 8.41. The van der Waals surface area contributed by atoms with Crippen molar-refractivity contribution in [1.29, 1.82) is 0 Å². The van der Waals surface area contributed by atoms with Gasteiger partial charge < -0.3 is 14.8 Å².